The summed E-state index contributed by atoms with van der Waals surface area (Å²) in [5.74, 6) is 0. The average molecular weight is 241 g/mol. The number of morpholine rings is 1. The van der Waals surface area contributed by atoms with Crippen molar-refractivity contribution in [1.82, 2.24) is 15.5 Å². The van der Waals surface area contributed by atoms with Crippen LogP contribution in [-0.2, 0) is 4.74 Å². The summed E-state index contributed by atoms with van der Waals surface area (Å²) in [6.07, 6.45) is 4.89. The first-order valence-corrected chi connectivity index (χ1v) is 6.71. The highest BCUT2D eigenvalue weighted by molar-refractivity contribution is 5.74. The van der Waals surface area contributed by atoms with E-state index < -0.39 is 0 Å². The first-order chi connectivity index (χ1) is 8.36. The second-order valence-corrected chi connectivity index (χ2v) is 4.78. The first-order valence-electron chi connectivity index (χ1n) is 6.71. The van der Waals surface area contributed by atoms with Crippen LogP contribution in [0.2, 0.25) is 0 Å². The fraction of sp³-hybridized carbons (Fsp3) is 0.917. The van der Waals surface area contributed by atoms with Gasteiger partial charge in [-0.15, -0.1) is 0 Å². The van der Waals surface area contributed by atoms with E-state index in [0.29, 0.717) is 6.54 Å². The predicted molar refractivity (Wildman–Crippen MR) is 66.0 cm³/mol. The van der Waals surface area contributed by atoms with Crippen molar-refractivity contribution in [1.29, 1.82) is 0 Å². The number of carbonyl (C=O) groups is 1. The lowest BCUT2D eigenvalue weighted by Gasteiger charge is -2.26. The van der Waals surface area contributed by atoms with Gasteiger partial charge in [-0.3, -0.25) is 0 Å². The second kappa shape index (κ2) is 6.81. The molecule has 0 spiro atoms. The summed E-state index contributed by atoms with van der Waals surface area (Å²) < 4.78 is 5.54. The molecule has 0 aromatic carbocycles. The number of ether oxygens (including phenoxy) is 1. The number of nitrogens with zero attached hydrogens (tertiary/aromatic N) is 1. The van der Waals surface area contributed by atoms with Gasteiger partial charge in [0.25, 0.3) is 0 Å². The van der Waals surface area contributed by atoms with E-state index >= 15 is 0 Å². The van der Waals surface area contributed by atoms with Gasteiger partial charge in [0, 0.05) is 32.7 Å². The van der Waals surface area contributed by atoms with E-state index in [1.54, 1.807) is 0 Å². The van der Waals surface area contributed by atoms with Crippen LogP contribution < -0.4 is 10.6 Å². The monoisotopic (exact) mass is 241 g/mol. The molecule has 2 fully saturated rings. The zero-order valence-corrected chi connectivity index (χ0v) is 10.4. The fourth-order valence-corrected chi connectivity index (χ4v) is 2.34. The number of likely N-dealkylation sites (tertiary alicyclic amines) is 1. The van der Waals surface area contributed by atoms with E-state index in [-0.39, 0.29) is 12.1 Å². The molecule has 2 saturated heterocycles. The Bertz CT molecular complexity index is 234. The summed E-state index contributed by atoms with van der Waals surface area (Å²) in [4.78, 5) is 13.9. The maximum absolute atomic E-state index is 11.9. The number of carbonyl (C=O) groups excluding carboxylic acids is 1. The lowest BCUT2D eigenvalue weighted by atomic mass is 10.2. The maximum Gasteiger partial charge on any atom is 0.317 e. The standard InChI is InChI=1S/C12H23N3O2/c16-12(15-6-3-1-2-4-7-15)14-10-11-9-13-5-8-17-11/h11,13H,1-10H2,(H,14,16). The quantitative estimate of drug-likeness (QED) is 0.743. The third-order valence-corrected chi connectivity index (χ3v) is 3.38. The van der Waals surface area contributed by atoms with Crippen LogP contribution in [-0.4, -0.2) is 56.4 Å². The van der Waals surface area contributed by atoms with Crippen LogP contribution in [0.25, 0.3) is 0 Å². The topological polar surface area (TPSA) is 53.6 Å². The fourth-order valence-electron chi connectivity index (χ4n) is 2.34. The molecule has 2 aliphatic heterocycles. The van der Waals surface area contributed by atoms with Crippen LogP contribution >= 0.6 is 0 Å². The molecular formula is C12H23N3O2. The summed E-state index contributed by atoms with van der Waals surface area (Å²) >= 11 is 0. The van der Waals surface area contributed by atoms with Crippen molar-refractivity contribution in [2.75, 3.05) is 39.3 Å². The maximum atomic E-state index is 11.9. The largest absolute Gasteiger partial charge is 0.374 e. The molecule has 0 aliphatic carbocycles. The van der Waals surface area contributed by atoms with Crippen LogP contribution in [0.5, 0.6) is 0 Å². The molecule has 1 unspecified atom stereocenters. The van der Waals surface area contributed by atoms with Crippen molar-refractivity contribution in [2.24, 2.45) is 0 Å². The molecule has 17 heavy (non-hydrogen) atoms. The Hall–Kier alpha value is -0.810. The van der Waals surface area contributed by atoms with Gasteiger partial charge in [0.2, 0.25) is 0 Å². The van der Waals surface area contributed by atoms with Gasteiger partial charge < -0.3 is 20.3 Å². The zero-order valence-electron chi connectivity index (χ0n) is 10.4. The smallest absolute Gasteiger partial charge is 0.317 e. The van der Waals surface area contributed by atoms with Crippen molar-refractivity contribution in [3.8, 4) is 0 Å². The SMILES string of the molecule is O=C(NCC1CNCCO1)N1CCCCCC1. The number of hydrogen-bond acceptors (Lipinski definition) is 3. The number of nitrogens with one attached hydrogen (secondary N) is 2. The van der Waals surface area contributed by atoms with Crippen LogP contribution in [0, 0.1) is 0 Å². The molecule has 98 valence electrons. The van der Waals surface area contributed by atoms with E-state index in [2.05, 4.69) is 10.6 Å². The Morgan fingerprint density at radius 1 is 1.29 bits per heavy atom. The summed E-state index contributed by atoms with van der Waals surface area (Å²) in [5.41, 5.74) is 0. The number of rotatable bonds is 2. The number of urea groups is 1. The molecule has 0 aromatic rings. The van der Waals surface area contributed by atoms with Crippen LogP contribution in [0.3, 0.4) is 0 Å². The molecule has 0 saturated carbocycles. The molecule has 2 amide bonds. The highest BCUT2D eigenvalue weighted by Gasteiger charge is 2.18. The van der Waals surface area contributed by atoms with Gasteiger partial charge in [-0.25, -0.2) is 4.79 Å². The van der Waals surface area contributed by atoms with E-state index in [9.17, 15) is 4.79 Å². The minimum Gasteiger partial charge on any atom is -0.374 e. The Balaban J connectivity index is 1.68. The van der Waals surface area contributed by atoms with E-state index in [1.807, 2.05) is 4.90 Å². The van der Waals surface area contributed by atoms with Crippen LogP contribution in [0.4, 0.5) is 4.79 Å². The molecule has 2 aliphatic rings. The van der Waals surface area contributed by atoms with Gasteiger partial charge in [-0.05, 0) is 12.8 Å². The van der Waals surface area contributed by atoms with Crippen molar-refractivity contribution < 1.29 is 9.53 Å². The third-order valence-electron chi connectivity index (χ3n) is 3.38. The summed E-state index contributed by atoms with van der Waals surface area (Å²) in [7, 11) is 0. The lowest BCUT2D eigenvalue weighted by Crippen LogP contribution is -2.48. The molecule has 0 bridgehead atoms. The molecule has 2 rings (SSSR count). The van der Waals surface area contributed by atoms with E-state index in [1.165, 1.54) is 12.8 Å². The molecule has 2 heterocycles. The molecule has 1 atom stereocenters. The van der Waals surface area contributed by atoms with Crippen molar-refractivity contribution >= 4 is 6.03 Å². The Kier molecular flexibility index (Phi) is 5.07. The summed E-state index contributed by atoms with van der Waals surface area (Å²) in [5, 5.41) is 6.23. The van der Waals surface area contributed by atoms with Gasteiger partial charge in [0.05, 0.1) is 12.7 Å². The Morgan fingerprint density at radius 2 is 2.06 bits per heavy atom. The van der Waals surface area contributed by atoms with Crippen LogP contribution in [0.1, 0.15) is 25.7 Å². The van der Waals surface area contributed by atoms with Crippen molar-refractivity contribution in [3.63, 3.8) is 0 Å². The Morgan fingerprint density at radius 3 is 2.71 bits per heavy atom. The summed E-state index contributed by atoms with van der Waals surface area (Å²) in [6, 6.07) is 0.0704. The van der Waals surface area contributed by atoms with Crippen LogP contribution in [0.15, 0.2) is 0 Å². The average Bonchev–Trinajstić information content (AvgIpc) is 2.66. The van der Waals surface area contributed by atoms with Gasteiger partial charge in [-0.1, -0.05) is 12.8 Å². The van der Waals surface area contributed by atoms with Gasteiger partial charge in [-0.2, -0.15) is 0 Å². The normalized spacial score (nSPS) is 26.4. The highest BCUT2D eigenvalue weighted by atomic mass is 16.5. The lowest BCUT2D eigenvalue weighted by molar-refractivity contribution is 0.0299. The molecular weight excluding hydrogens is 218 g/mol. The third kappa shape index (κ3) is 4.16. The molecule has 5 heteroatoms. The van der Waals surface area contributed by atoms with E-state index in [0.717, 1.165) is 45.6 Å². The van der Waals surface area contributed by atoms with Crippen molar-refractivity contribution in [2.45, 2.75) is 31.8 Å². The highest BCUT2D eigenvalue weighted by Crippen LogP contribution is 2.09. The van der Waals surface area contributed by atoms with Gasteiger partial charge in [0.1, 0.15) is 0 Å². The summed E-state index contributed by atoms with van der Waals surface area (Å²) in [6.45, 7) is 4.90. The zero-order chi connectivity index (χ0) is 11.9. The number of hydrogen-bond donors (Lipinski definition) is 2. The molecule has 0 radical (unpaired) electrons. The first kappa shape index (κ1) is 12.6. The van der Waals surface area contributed by atoms with E-state index in [4.69, 9.17) is 4.74 Å². The van der Waals surface area contributed by atoms with Gasteiger partial charge in [0.15, 0.2) is 0 Å². The predicted octanol–water partition coefficient (Wildman–Crippen LogP) is 0.560. The van der Waals surface area contributed by atoms with Gasteiger partial charge >= 0.3 is 6.03 Å². The minimum atomic E-state index is 0.0704. The second-order valence-electron chi connectivity index (χ2n) is 4.78. The molecule has 2 N–H and O–H groups in total. The number of amides is 2. The van der Waals surface area contributed by atoms with Crippen molar-refractivity contribution in [3.05, 3.63) is 0 Å². The molecule has 5 nitrogen and oxygen atoms in total. The minimum absolute atomic E-state index is 0.0704. The Labute approximate surface area is 103 Å². The molecule has 0 aromatic heterocycles.